The molecule has 4 rings (SSSR count). The molecule has 0 radical (unpaired) electrons. The Bertz CT molecular complexity index is 1220. The third-order valence-electron chi connectivity index (χ3n) is 5.78. The van der Waals surface area contributed by atoms with Gasteiger partial charge in [-0.15, -0.1) is 10.2 Å². The van der Waals surface area contributed by atoms with Gasteiger partial charge in [-0.25, -0.2) is 4.39 Å². The molecule has 0 unspecified atom stereocenters. The van der Waals surface area contributed by atoms with Gasteiger partial charge in [0.1, 0.15) is 10.8 Å². The van der Waals surface area contributed by atoms with E-state index in [-0.39, 0.29) is 29.2 Å². The molecule has 0 saturated heterocycles. The predicted molar refractivity (Wildman–Crippen MR) is 122 cm³/mol. The van der Waals surface area contributed by atoms with Crippen molar-refractivity contribution in [1.29, 1.82) is 0 Å². The molecule has 0 aliphatic carbocycles. The first-order chi connectivity index (χ1) is 15.8. The summed E-state index contributed by atoms with van der Waals surface area (Å²) in [4.78, 5) is 27.6. The van der Waals surface area contributed by atoms with Crippen LogP contribution in [0.1, 0.15) is 47.9 Å². The van der Waals surface area contributed by atoms with E-state index in [0.717, 1.165) is 5.56 Å². The van der Waals surface area contributed by atoms with E-state index < -0.39 is 17.1 Å². The van der Waals surface area contributed by atoms with Crippen LogP contribution >= 0.6 is 11.3 Å². The summed E-state index contributed by atoms with van der Waals surface area (Å²) in [7, 11) is 0. The van der Waals surface area contributed by atoms with Crippen molar-refractivity contribution in [1.82, 2.24) is 19.7 Å². The Kier molecular flexibility index (Phi) is 6.57. The fourth-order valence-electron chi connectivity index (χ4n) is 4.02. The van der Waals surface area contributed by atoms with Crippen LogP contribution in [-0.4, -0.2) is 56.5 Å². The highest BCUT2D eigenvalue weighted by molar-refractivity contribution is 7.14. The number of hydrogen-bond donors (Lipinski definition) is 1. The van der Waals surface area contributed by atoms with Crippen molar-refractivity contribution in [2.24, 2.45) is 0 Å². The number of aromatic nitrogens is 3. The summed E-state index contributed by atoms with van der Waals surface area (Å²) in [5.74, 6) is -1.31. The molecule has 0 saturated carbocycles. The number of halogens is 1. The molecule has 1 aromatic carbocycles. The molecule has 0 spiro atoms. The smallest absolute Gasteiger partial charge is 0.274 e. The maximum atomic E-state index is 13.2. The Morgan fingerprint density at radius 2 is 1.97 bits per heavy atom. The number of pyridine rings is 1. The molecule has 1 N–H and O–H groups in total. The molecule has 1 amide bonds. The molecule has 2 atom stereocenters. The molecule has 0 fully saturated rings. The average Bonchev–Trinajstić information content (AvgIpc) is 3.26. The largest absolute Gasteiger partial charge is 0.503 e. The van der Waals surface area contributed by atoms with Crippen molar-refractivity contribution in [2.45, 2.75) is 39.3 Å². The van der Waals surface area contributed by atoms with Gasteiger partial charge in [-0.3, -0.25) is 9.59 Å². The van der Waals surface area contributed by atoms with Crippen molar-refractivity contribution in [3.05, 3.63) is 62.8 Å². The fourth-order valence-corrected chi connectivity index (χ4v) is 4.90. The summed E-state index contributed by atoms with van der Waals surface area (Å²) in [5, 5.41) is 20.1. The second kappa shape index (κ2) is 9.40. The van der Waals surface area contributed by atoms with Gasteiger partial charge in [0, 0.05) is 32.3 Å². The van der Waals surface area contributed by atoms with Crippen molar-refractivity contribution >= 4 is 17.2 Å². The quantitative estimate of drug-likeness (QED) is 0.567. The molecular weight excluding hydrogens is 447 g/mol. The summed E-state index contributed by atoms with van der Waals surface area (Å²) in [6.45, 7) is 6.99. The van der Waals surface area contributed by atoms with Crippen LogP contribution in [0.3, 0.4) is 0 Å². The number of benzene rings is 1. The second-order valence-corrected chi connectivity index (χ2v) is 8.91. The summed E-state index contributed by atoms with van der Waals surface area (Å²) >= 11 is 1.22. The lowest BCUT2D eigenvalue weighted by Crippen LogP contribution is -2.47. The summed E-state index contributed by atoms with van der Waals surface area (Å²) in [6, 6.07) is 5.80. The summed E-state index contributed by atoms with van der Waals surface area (Å²) in [5.41, 5.74) is 0.329. The third-order valence-corrected chi connectivity index (χ3v) is 6.74. The maximum Gasteiger partial charge on any atom is 0.274 e. The molecule has 174 valence electrons. The molecule has 1 aliphatic heterocycles. The Balaban J connectivity index is 1.75. The van der Waals surface area contributed by atoms with Gasteiger partial charge in [0.05, 0.1) is 17.7 Å². The van der Waals surface area contributed by atoms with Gasteiger partial charge in [-0.1, -0.05) is 23.5 Å². The van der Waals surface area contributed by atoms with Gasteiger partial charge >= 0.3 is 0 Å². The van der Waals surface area contributed by atoms with Gasteiger partial charge < -0.3 is 19.3 Å². The first-order valence-electron chi connectivity index (χ1n) is 10.8. The predicted octanol–water partition coefficient (Wildman–Crippen LogP) is 3.24. The normalized spacial score (nSPS) is 16.7. The standard InChI is InChI=1S/C23H25FN4O4S/c1-4-27-12-17(13(3)32-5-2)28-11-16(20(29)21(30)19(28)23(27)31)22-26-25-18(33-22)10-14-6-8-15(24)9-7-14/h6-9,11,13,17,30H,4-5,10,12H2,1-3H3/t13-,17+/m0/s1. The molecule has 0 bridgehead atoms. The zero-order valence-electron chi connectivity index (χ0n) is 18.6. The molecule has 33 heavy (non-hydrogen) atoms. The van der Waals surface area contributed by atoms with Crippen molar-refractivity contribution < 1.29 is 19.0 Å². The fraction of sp³-hybridized carbons (Fsp3) is 0.391. The van der Waals surface area contributed by atoms with Crippen LogP contribution in [-0.2, 0) is 11.2 Å². The molecule has 8 nitrogen and oxygen atoms in total. The topological polar surface area (TPSA) is 97.6 Å². The number of carbonyl (C=O) groups excluding carboxylic acids is 1. The number of amides is 1. The van der Waals surface area contributed by atoms with E-state index in [2.05, 4.69) is 10.2 Å². The second-order valence-electron chi connectivity index (χ2n) is 7.85. The van der Waals surface area contributed by atoms with E-state index in [1.165, 1.54) is 23.5 Å². The minimum absolute atomic E-state index is 0.0375. The number of fused-ring (bicyclic) bond motifs is 1. The maximum absolute atomic E-state index is 13.2. The lowest BCUT2D eigenvalue weighted by atomic mass is 10.0. The van der Waals surface area contributed by atoms with Crippen molar-refractivity contribution in [3.63, 3.8) is 0 Å². The number of aromatic hydroxyl groups is 1. The lowest BCUT2D eigenvalue weighted by molar-refractivity contribution is 0.0149. The molecule has 1 aliphatic rings. The van der Waals surface area contributed by atoms with Gasteiger partial charge in [-0.2, -0.15) is 0 Å². The van der Waals surface area contributed by atoms with Crippen molar-refractivity contribution in [2.75, 3.05) is 19.7 Å². The molecule has 10 heteroatoms. The summed E-state index contributed by atoms with van der Waals surface area (Å²) in [6.07, 6.45) is 1.75. The Labute approximate surface area is 194 Å². The number of likely N-dealkylation sites (N-methyl/N-ethyl adjacent to an activating group) is 1. The van der Waals surface area contributed by atoms with E-state index in [0.29, 0.717) is 36.1 Å². The highest BCUT2D eigenvalue weighted by Gasteiger charge is 2.37. The number of ether oxygens (including phenoxy) is 1. The Morgan fingerprint density at radius 1 is 1.24 bits per heavy atom. The van der Waals surface area contributed by atoms with E-state index in [9.17, 15) is 19.1 Å². The van der Waals surface area contributed by atoms with Crippen molar-refractivity contribution in [3.8, 4) is 16.3 Å². The highest BCUT2D eigenvalue weighted by atomic mass is 32.1. The van der Waals surface area contributed by atoms with Crippen LogP contribution in [0, 0.1) is 5.82 Å². The van der Waals surface area contributed by atoms with Crippen LogP contribution in [0.25, 0.3) is 10.6 Å². The zero-order chi connectivity index (χ0) is 23.7. The van der Waals surface area contributed by atoms with Crippen LogP contribution < -0.4 is 5.43 Å². The summed E-state index contributed by atoms with van der Waals surface area (Å²) < 4.78 is 20.6. The van der Waals surface area contributed by atoms with Gasteiger partial charge in [0.2, 0.25) is 5.43 Å². The first-order valence-corrected chi connectivity index (χ1v) is 11.6. The van der Waals surface area contributed by atoms with E-state index in [1.807, 2.05) is 20.8 Å². The third kappa shape index (κ3) is 4.40. The number of hydrogen-bond acceptors (Lipinski definition) is 7. The van der Waals surface area contributed by atoms with E-state index in [1.54, 1.807) is 27.8 Å². The number of carbonyl (C=O) groups is 1. The lowest BCUT2D eigenvalue weighted by Gasteiger charge is -2.38. The molecule has 3 heterocycles. The number of rotatable bonds is 7. The van der Waals surface area contributed by atoms with E-state index in [4.69, 9.17) is 4.74 Å². The SMILES string of the molecule is CCO[C@@H](C)[C@H]1CN(CC)C(=O)c2c(O)c(=O)c(-c3nnc(Cc4ccc(F)cc4)s3)cn21. The van der Waals surface area contributed by atoms with Gasteiger partial charge in [0.25, 0.3) is 5.91 Å². The Morgan fingerprint density at radius 3 is 2.64 bits per heavy atom. The van der Waals surface area contributed by atoms with Crippen LogP contribution in [0.5, 0.6) is 5.75 Å². The Hall–Kier alpha value is -3.11. The molecule has 2 aromatic heterocycles. The minimum atomic E-state index is -0.667. The van der Waals surface area contributed by atoms with Crippen LogP contribution in [0.4, 0.5) is 4.39 Å². The number of nitrogens with zero attached hydrogens (tertiary/aromatic N) is 4. The van der Waals surface area contributed by atoms with Gasteiger partial charge in [-0.05, 0) is 38.5 Å². The highest BCUT2D eigenvalue weighted by Crippen LogP contribution is 2.32. The molecule has 3 aromatic rings. The van der Waals surface area contributed by atoms with Gasteiger partial charge in [0.15, 0.2) is 16.5 Å². The average molecular weight is 473 g/mol. The van der Waals surface area contributed by atoms with Crippen LogP contribution in [0.15, 0.2) is 35.3 Å². The first kappa shape index (κ1) is 23.1. The monoisotopic (exact) mass is 472 g/mol. The zero-order valence-corrected chi connectivity index (χ0v) is 19.4. The minimum Gasteiger partial charge on any atom is -0.503 e. The molecular formula is C23H25FN4O4S. The van der Waals surface area contributed by atoms with E-state index >= 15 is 0 Å². The van der Waals surface area contributed by atoms with Crippen LogP contribution in [0.2, 0.25) is 0 Å².